The highest BCUT2D eigenvalue weighted by Crippen LogP contribution is 2.18. The quantitative estimate of drug-likeness (QED) is 0.669. The van der Waals surface area contributed by atoms with E-state index in [1.165, 1.54) is 32.4 Å². The summed E-state index contributed by atoms with van der Waals surface area (Å²) in [5.74, 6) is -0.977. The molecule has 0 bridgehead atoms. The lowest BCUT2D eigenvalue weighted by Crippen LogP contribution is -2.26. The van der Waals surface area contributed by atoms with Crippen molar-refractivity contribution in [1.29, 1.82) is 0 Å². The van der Waals surface area contributed by atoms with E-state index >= 15 is 0 Å². The van der Waals surface area contributed by atoms with Crippen LogP contribution in [0, 0.1) is 6.92 Å². The van der Waals surface area contributed by atoms with Crippen LogP contribution in [0.4, 0.5) is 5.69 Å². The lowest BCUT2D eigenvalue weighted by molar-refractivity contribution is 0.0600. The number of aromatic nitrogens is 2. The molecule has 148 valence electrons. The number of anilines is 1. The number of rotatable bonds is 5. The summed E-state index contributed by atoms with van der Waals surface area (Å²) in [6.07, 6.45) is 0. The summed E-state index contributed by atoms with van der Waals surface area (Å²) in [6.45, 7) is 1.84. The van der Waals surface area contributed by atoms with Gasteiger partial charge >= 0.3 is 5.97 Å². The molecule has 1 aromatic heterocycles. The van der Waals surface area contributed by atoms with Crippen LogP contribution < -0.4 is 15.6 Å². The fourth-order valence-electron chi connectivity index (χ4n) is 2.72. The lowest BCUT2D eigenvalue weighted by atomic mass is 10.2. The van der Waals surface area contributed by atoms with Crippen LogP contribution in [-0.4, -0.2) is 35.9 Å². The second-order valence-corrected chi connectivity index (χ2v) is 6.12. The van der Waals surface area contributed by atoms with Crippen LogP contribution in [-0.2, 0) is 4.74 Å². The van der Waals surface area contributed by atoms with Crippen LogP contribution in [0.2, 0.25) is 0 Å². The van der Waals surface area contributed by atoms with Crippen LogP contribution >= 0.6 is 0 Å². The predicted octanol–water partition coefficient (Wildman–Crippen LogP) is 2.59. The normalized spacial score (nSPS) is 10.3. The topological polar surface area (TPSA) is 99.5 Å². The molecule has 29 heavy (non-hydrogen) atoms. The van der Waals surface area contributed by atoms with Crippen LogP contribution in [0.25, 0.3) is 5.69 Å². The number of benzene rings is 2. The monoisotopic (exact) mass is 393 g/mol. The van der Waals surface area contributed by atoms with Crippen molar-refractivity contribution in [2.45, 2.75) is 6.92 Å². The highest BCUT2D eigenvalue weighted by atomic mass is 16.5. The Morgan fingerprint density at radius 3 is 2.34 bits per heavy atom. The minimum Gasteiger partial charge on any atom is -0.494 e. The highest BCUT2D eigenvalue weighted by molar-refractivity contribution is 6.04. The van der Waals surface area contributed by atoms with Crippen molar-refractivity contribution in [2.75, 3.05) is 19.5 Å². The summed E-state index contributed by atoms with van der Waals surface area (Å²) >= 11 is 0. The molecule has 1 heterocycles. The molecule has 0 aliphatic rings. The highest BCUT2D eigenvalue weighted by Gasteiger charge is 2.19. The molecule has 8 nitrogen and oxygen atoms in total. The summed E-state index contributed by atoms with van der Waals surface area (Å²) in [5.41, 5.74) is 1.73. The van der Waals surface area contributed by atoms with Crippen LogP contribution in [0.15, 0.2) is 59.4 Å². The third-order valence-corrected chi connectivity index (χ3v) is 4.24. The standard InChI is InChI=1S/C21H19N3O5/c1-13-6-4-5-7-16(13)24-18(25)12-17(28-2)19(23-24)20(26)22-15-10-8-14(9-11-15)21(27)29-3/h4-12H,1-3H3,(H,22,26). The Kier molecular flexibility index (Phi) is 5.73. The minimum absolute atomic E-state index is 0.0487. The molecule has 3 aromatic rings. The molecule has 0 fully saturated rings. The maximum atomic E-state index is 12.8. The molecule has 0 spiro atoms. The van der Waals surface area contributed by atoms with Gasteiger partial charge in [-0.05, 0) is 42.8 Å². The van der Waals surface area contributed by atoms with Gasteiger partial charge in [-0.1, -0.05) is 18.2 Å². The number of ether oxygens (including phenoxy) is 2. The third kappa shape index (κ3) is 4.16. The molecule has 0 saturated heterocycles. The van der Waals surface area contributed by atoms with E-state index in [1.807, 2.05) is 19.1 Å². The number of hydrogen-bond acceptors (Lipinski definition) is 6. The first-order chi connectivity index (χ1) is 13.9. The molecular formula is C21H19N3O5. The molecule has 0 unspecified atom stereocenters. The molecule has 1 N–H and O–H groups in total. The number of amides is 1. The fourth-order valence-corrected chi connectivity index (χ4v) is 2.72. The Morgan fingerprint density at radius 1 is 1.03 bits per heavy atom. The van der Waals surface area contributed by atoms with E-state index in [9.17, 15) is 14.4 Å². The van der Waals surface area contributed by atoms with Gasteiger partial charge < -0.3 is 14.8 Å². The van der Waals surface area contributed by atoms with Crippen molar-refractivity contribution in [1.82, 2.24) is 9.78 Å². The van der Waals surface area contributed by atoms with Gasteiger partial charge in [0.15, 0.2) is 11.4 Å². The second kappa shape index (κ2) is 8.39. The van der Waals surface area contributed by atoms with Crippen LogP contribution in [0.3, 0.4) is 0 Å². The SMILES string of the molecule is COC(=O)c1ccc(NC(=O)c2nn(-c3ccccc3C)c(=O)cc2OC)cc1. The summed E-state index contributed by atoms with van der Waals surface area (Å²) < 4.78 is 11.0. The van der Waals surface area contributed by atoms with Gasteiger partial charge in [0.05, 0.1) is 31.5 Å². The van der Waals surface area contributed by atoms with E-state index in [4.69, 9.17) is 4.74 Å². The van der Waals surface area contributed by atoms with Crippen molar-refractivity contribution >= 4 is 17.6 Å². The fraction of sp³-hybridized carbons (Fsp3) is 0.143. The Bertz CT molecular complexity index is 1120. The number of methoxy groups -OCH3 is 2. The number of carbonyl (C=O) groups is 2. The maximum Gasteiger partial charge on any atom is 0.337 e. The third-order valence-electron chi connectivity index (χ3n) is 4.24. The molecule has 0 saturated carbocycles. The van der Waals surface area contributed by atoms with E-state index < -0.39 is 17.4 Å². The van der Waals surface area contributed by atoms with Crippen molar-refractivity contribution in [3.05, 3.63) is 81.8 Å². The van der Waals surface area contributed by atoms with Gasteiger partial charge in [0.25, 0.3) is 11.5 Å². The van der Waals surface area contributed by atoms with Crippen molar-refractivity contribution < 1.29 is 19.1 Å². The van der Waals surface area contributed by atoms with E-state index in [0.29, 0.717) is 16.9 Å². The first-order valence-electron chi connectivity index (χ1n) is 8.68. The molecule has 0 atom stereocenters. The summed E-state index contributed by atoms with van der Waals surface area (Å²) in [4.78, 5) is 36.8. The number of nitrogens with one attached hydrogen (secondary N) is 1. The number of carbonyl (C=O) groups excluding carboxylic acids is 2. The van der Waals surface area contributed by atoms with E-state index in [1.54, 1.807) is 24.3 Å². The van der Waals surface area contributed by atoms with Crippen molar-refractivity contribution in [3.8, 4) is 11.4 Å². The summed E-state index contributed by atoms with van der Waals surface area (Å²) in [6, 6.07) is 14.6. The van der Waals surface area contributed by atoms with Crippen molar-refractivity contribution in [2.24, 2.45) is 0 Å². The summed E-state index contributed by atoms with van der Waals surface area (Å²) in [7, 11) is 2.65. The first-order valence-corrected chi connectivity index (χ1v) is 8.68. The Balaban J connectivity index is 1.96. The first kappa shape index (κ1) is 19.8. The summed E-state index contributed by atoms with van der Waals surface area (Å²) in [5, 5.41) is 6.90. The Hall–Kier alpha value is -3.94. The largest absolute Gasteiger partial charge is 0.494 e. The van der Waals surface area contributed by atoms with Gasteiger partial charge in [0.1, 0.15) is 0 Å². The smallest absolute Gasteiger partial charge is 0.337 e. The van der Waals surface area contributed by atoms with Crippen LogP contribution in [0.1, 0.15) is 26.4 Å². The molecule has 0 radical (unpaired) electrons. The molecule has 3 rings (SSSR count). The maximum absolute atomic E-state index is 12.8. The van der Waals surface area contributed by atoms with Crippen molar-refractivity contribution in [3.63, 3.8) is 0 Å². The number of para-hydroxylation sites is 1. The number of esters is 1. The zero-order chi connectivity index (χ0) is 21.0. The zero-order valence-electron chi connectivity index (χ0n) is 16.1. The second-order valence-electron chi connectivity index (χ2n) is 6.12. The average Bonchev–Trinajstić information content (AvgIpc) is 2.74. The van der Waals surface area contributed by atoms with Gasteiger partial charge in [0, 0.05) is 5.69 Å². The Labute approximate surface area is 166 Å². The van der Waals surface area contributed by atoms with Gasteiger partial charge in [-0.3, -0.25) is 9.59 Å². The number of hydrogen-bond donors (Lipinski definition) is 1. The van der Waals surface area contributed by atoms with Crippen LogP contribution in [0.5, 0.6) is 5.75 Å². The molecule has 0 aliphatic carbocycles. The molecule has 0 aliphatic heterocycles. The predicted molar refractivity (Wildman–Crippen MR) is 107 cm³/mol. The molecule has 1 amide bonds. The Morgan fingerprint density at radius 2 is 1.72 bits per heavy atom. The van der Waals surface area contributed by atoms with Gasteiger partial charge in [-0.15, -0.1) is 0 Å². The van der Waals surface area contributed by atoms with Gasteiger partial charge in [-0.2, -0.15) is 9.78 Å². The number of aryl methyl sites for hydroxylation is 1. The average molecular weight is 393 g/mol. The lowest BCUT2D eigenvalue weighted by Gasteiger charge is -2.13. The van der Waals surface area contributed by atoms with Gasteiger partial charge in [-0.25, -0.2) is 4.79 Å². The minimum atomic E-state index is -0.560. The van der Waals surface area contributed by atoms with Gasteiger partial charge in [0.2, 0.25) is 0 Å². The zero-order valence-corrected chi connectivity index (χ0v) is 16.1. The molecule has 2 aromatic carbocycles. The van der Waals surface area contributed by atoms with E-state index in [2.05, 4.69) is 15.2 Å². The molecular weight excluding hydrogens is 374 g/mol. The number of nitrogens with zero attached hydrogens (tertiary/aromatic N) is 2. The van der Waals surface area contributed by atoms with E-state index in [0.717, 1.165) is 10.2 Å². The molecule has 8 heteroatoms. The van der Waals surface area contributed by atoms with E-state index in [-0.39, 0.29) is 11.4 Å².